The zero-order valence-electron chi connectivity index (χ0n) is 19.1. The fourth-order valence-corrected chi connectivity index (χ4v) is 1.78. The van der Waals surface area contributed by atoms with Crippen molar-refractivity contribution >= 4 is 6.96 Å². The minimum atomic E-state index is -2.04. The van der Waals surface area contributed by atoms with Crippen LogP contribution in [0.15, 0.2) is 0 Å². The van der Waals surface area contributed by atoms with Crippen LogP contribution < -0.4 is 0 Å². The Labute approximate surface area is 164 Å². The van der Waals surface area contributed by atoms with Crippen LogP contribution in [0.2, 0.25) is 0 Å². The second-order valence-corrected chi connectivity index (χ2v) is 8.16. The molecule has 0 aromatic carbocycles. The van der Waals surface area contributed by atoms with E-state index in [9.17, 15) is 0 Å². The lowest BCUT2D eigenvalue weighted by Crippen LogP contribution is -2.50. The van der Waals surface area contributed by atoms with Crippen molar-refractivity contribution in [2.24, 2.45) is 0 Å². The minimum absolute atomic E-state index is 0.626. The predicted molar refractivity (Wildman–Crippen MR) is 113 cm³/mol. The molecule has 0 heterocycles. The Morgan fingerprint density at radius 3 is 0.846 bits per heavy atom. The lowest BCUT2D eigenvalue weighted by atomic mass is 10.0. The molecule has 0 aliphatic heterocycles. The summed E-state index contributed by atoms with van der Waals surface area (Å²) in [6.07, 6.45) is 8.33. The molecule has 0 radical (unpaired) electrons. The Hall–Kier alpha value is -0.135. The van der Waals surface area contributed by atoms with E-state index in [1.54, 1.807) is 0 Å². The summed E-state index contributed by atoms with van der Waals surface area (Å²) in [6, 6.07) is 0. The van der Waals surface area contributed by atoms with Crippen LogP contribution >= 0.6 is 0 Å². The van der Waals surface area contributed by atoms with E-state index >= 15 is 0 Å². The molecule has 0 aromatic heterocycles. The second-order valence-electron chi connectivity index (χ2n) is 8.16. The van der Waals surface area contributed by atoms with Gasteiger partial charge in [0.1, 0.15) is 0 Å². The van der Waals surface area contributed by atoms with Crippen molar-refractivity contribution in [3.63, 3.8) is 0 Å². The van der Waals surface area contributed by atoms with Crippen molar-refractivity contribution in [3.05, 3.63) is 0 Å². The summed E-state index contributed by atoms with van der Waals surface area (Å²) in [6.45, 7) is 9.04. The average Bonchev–Trinajstić information content (AvgIpc) is 2.54. The molecule has 26 heavy (non-hydrogen) atoms. The van der Waals surface area contributed by atoms with Gasteiger partial charge in [0.05, 0.1) is 28.2 Å². The highest BCUT2D eigenvalue weighted by molar-refractivity contribution is 6.53. The molecular weight excluding hydrogens is 329 g/mol. The normalized spacial score (nSPS) is 12.0. The molecule has 0 saturated carbocycles. The van der Waals surface area contributed by atoms with E-state index in [2.05, 4.69) is 55.9 Å². The van der Waals surface area contributed by atoms with Crippen LogP contribution in [0.4, 0.5) is 0 Å². The van der Waals surface area contributed by atoms with Crippen LogP contribution in [0.25, 0.3) is 0 Å². The standard InChI is InChI=1S/C16H36BO4.C4H12N/c1-5-9-13-18-17(19-14-10-6-2,20-15-11-7-3)21-16-12-8-4;1-5(2,3)4/h5-16H2,1-4H3;1-4H3/q-1;+1. The SMILES string of the molecule is CCCCO[B-](OCCCC)(OCCCC)OCCCC.C[N+](C)(C)C. The van der Waals surface area contributed by atoms with Gasteiger partial charge in [0.15, 0.2) is 0 Å². The third-order valence-corrected chi connectivity index (χ3v) is 3.28. The van der Waals surface area contributed by atoms with E-state index in [1.807, 2.05) is 0 Å². The average molecular weight is 377 g/mol. The van der Waals surface area contributed by atoms with Crippen LogP contribution in [0.3, 0.4) is 0 Å². The fraction of sp³-hybridized carbons (Fsp3) is 1.00. The van der Waals surface area contributed by atoms with Gasteiger partial charge in [0.2, 0.25) is 0 Å². The maximum absolute atomic E-state index is 5.91. The van der Waals surface area contributed by atoms with Gasteiger partial charge in [-0.25, -0.2) is 0 Å². The number of nitrogens with zero attached hydrogens (tertiary/aromatic N) is 1. The molecule has 0 bridgehead atoms. The summed E-state index contributed by atoms with van der Waals surface area (Å²) < 4.78 is 24.6. The van der Waals surface area contributed by atoms with Gasteiger partial charge in [-0.05, 0) is 25.7 Å². The first-order valence-corrected chi connectivity index (χ1v) is 10.7. The summed E-state index contributed by atoms with van der Waals surface area (Å²) in [5.41, 5.74) is 0. The lowest BCUT2D eigenvalue weighted by Gasteiger charge is -2.41. The van der Waals surface area contributed by atoms with Crippen molar-refractivity contribution in [3.8, 4) is 0 Å². The van der Waals surface area contributed by atoms with Crippen LogP contribution in [-0.4, -0.2) is 66.1 Å². The van der Waals surface area contributed by atoms with E-state index in [-0.39, 0.29) is 0 Å². The molecule has 0 aliphatic rings. The van der Waals surface area contributed by atoms with Gasteiger partial charge in [0, 0.05) is 26.4 Å². The summed E-state index contributed by atoms with van der Waals surface area (Å²) in [4.78, 5) is 0. The molecule has 0 fully saturated rings. The topological polar surface area (TPSA) is 36.9 Å². The van der Waals surface area contributed by atoms with E-state index in [1.165, 1.54) is 0 Å². The monoisotopic (exact) mass is 377 g/mol. The predicted octanol–water partition coefficient (Wildman–Crippen LogP) is 5.01. The van der Waals surface area contributed by atoms with Crippen molar-refractivity contribution < 1.29 is 23.1 Å². The van der Waals surface area contributed by atoms with Crippen LogP contribution in [0.1, 0.15) is 79.1 Å². The highest BCUT2D eigenvalue weighted by Gasteiger charge is 2.31. The van der Waals surface area contributed by atoms with Crippen molar-refractivity contribution in [1.82, 2.24) is 0 Å². The third-order valence-electron chi connectivity index (χ3n) is 3.28. The molecule has 0 rings (SSSR count). The number of rotatable bonds is 16. The first-order valence-electron chi connectivity index (χ1n) is 10.7. The van der Waals surface area contributed by atoms with Crippen molar-refractivity contribution in [1.29, 1.82) is 0 Å². The molecule has 160 valence electrons. The summed E-state index contributed by atoms with van der Waals surface area (Å²) in [7, 11) is 8.50. The van der Waals surface area contributed by atoms with Crippen LogP contribution in [-0.2, 0) is 18.6 Å². The molecular formula is C20H48BNO4. The molecule has 0 amide bonds. The first-order chi connectivity index (χ1) is 12.2. The van der Waals surface area contributed by atoms with Gasteiger partial charge < -0.3 is 23.1 Å². The van der Waals surface area contributed by atoms with Gasteiger partial charge in [-0.3, -0.25) is 0 Å². The van der Waals surface area contributed by atoms with E-state index in [4.69, 9.17) is 18.6 Å². The van der Waals surface area contributed by atoms with Crippen LogP contribution in [0, 0.1) is 0 Å². The Bertz CT molecular complexity index is 234. The van der Waals surface area contributed by atoms with Gasteiger partial charge in [-0.1, -0.05) is 53.4 Å². The molecule has 0 aromatic rings. The highest BCUT2D eigenvalue weighted by Crippen LogP contribution is 2.16. The minimum Gasteiger partial charge on any atom is -0.518 e. The van der Waals surface area contributed by atoms with E-state index in [0.717, 1.165) is 55.8 Å². The Balaban J connectivity index is 0. The number of hydrogen-bond acceptors (Lipinski definition) is 4. The molecule has 0 aliphatic carbocycles. The molecule has 5 nitrogen and oxygen atoms in total. The number of hydrogen-bond donors (Lipinski definition) is 0. The zero-order chi connectivity index (χ0) is 20.3. The first kappa shape index (κ1) is 28.1. The Kier molecular flexibility index (Phi) is 19.7. The number of quaternary nitrogens is 1. The van der Waals surface area contributed by atoms with E-state index in [0.29, 0.717) is 26.4 Å². The Morgan fingerprint density at radius 2 is 0.692 bits per heavy atom. The molecule has 0 unspecified atom stereocenters. The quantitative estimate of drug-likeness (QED) is 0.215. The smallest absolute Gasteiger partial charge is 0.518 e. The Morgan fingerprint density at radius 1 is 0.500 bits per heavy atom. The highest BCUT2D eigenvalue weighted by atomic mass is 16.9. The maximum Gasteiger partial charge on any atom is 0.531 e. The lowest BCUT2D eigenvalue weighted by molar-refractivity contribution is -0.849. The van der Waals surface area contributed by atoms with Gasteiger partial charge in [0.25, 0.3) is 0 Å². The summed E-state index contributed by atoms with van der Waals surface area (Å²) in [5.74, 6) is 0. The van der Waals surface area contributed by atoms with Gasteiger partial charge in [-0.15, -0.1) is 0 Å². The fourth-order valence-electron chi connectivity index (χ4n) is 1.78. The summed E-state index contributed by atoms with van der Waals surface area (Å²) in [5, 5.41) is 0. The molecule has 0 saturated heterocycles. The van der Waals surface area contributed by atoms with E-state index < -0.39 is 6.96 Å². The number of unbranched alkanes of at least 4 members (excludes halogenated alkanes) is 4. The van der Waals surface area contributed by atoms with Crippen molar-refractivity contribution in [2.75, 3.05) is 54.6 Å². The summed E-state index contributed by atoms with van der Waals surface area (Å²) >= 11 is 0. The zero-order valence-corrected chi connectivity index (χ0v) is 19.1. The van der Waals surface area contributed by atoms with Gasteiger partial charge >= 0.3 is 6.96 Å². The third kappa shape index (κ3) is 21.9. The van der Waals surface area contributed by atoms with Gasteiger partial charge in [-0.2, -0.15) is 0 Å². The van der Waals surface area contributed by atoms with Crippen molar-refractivity contribution in [2.45, 2.75) is 79.1 Å². The molecule has 0 atom stereocenters. The molecule has 6 heteroatoms. The maximum atomic E-state index is 5.91. The molecule has 0 spiro atoms. The largest absolute Gasteiger partial charge is 0.531 e. The second kappa shape index (κ2) is 18.2. The van der Waals surface area contributed by atoms with Crippen LogP contribution in [0.5, 0.6) is 0 Å². The molecule has 0 N–H and O–H groups in total.